The lowest BCUT2D eigenvalue weighted by Gasteiger charge is -2.33. The van der Waals surface area contributed by atoms with Gasteiger partial charge in [0.25, 0.3) is 0 Å². The van der Waals surface area contributed by atoms with Gasteiger partial charge in [0.15, 0.2) is 0 Å². The number of carbonyl (C=O) groups is 1. The lowest BCUT2D eigenvalue weighted by molar-refractivity contribution is -0.124. The van der Waals surface area contributed by atoms with Gasteiger partial charge in [-0.1, -0.05) is 43.2 Å². The van der Waals surface area contributed by atoms with Gasteiger partial charge in [0.1, 0.15) is 6.04 Å². The summed E-state index contributed by atoms with van der Waals surface area (Å²) in [6.45, 7) is 0.258. The van der Waals surface area contributed by atoms with Crippen LogP contribution in [0.25, 0.3) is 0 Å². The third kappa shape index (κ3) is 3.81. The van der Waals surface area contributed by atoms with Crippen molar-refractivity contribution in [1.82, 2.24) is 5.32 Å². The van der Waals surface area contributed by atoms with Gasteiger partial charge in [0, 0.05) is 19.1 Å². The van der Waals surface area contributed by atoms with Crippen molar-refractivity contribution in [3.8, 4) is 0 Å². The Labute approximate surface area is 120 Å². The number of hydrogen-bond acceptors (Lipinski definition) is 3. The number of carbonyl (C=O) groups excluding carboxylic acids is 1. The molecule has 0 radical (unpaired) electrons. The molecule has 1 aliphatic carbocycles. The van der Waals surface area contributed by atoms with Crippen LogP contribution in [-0.4, -0.2) is 31.7 Å². The van der Waals surface area contributed by atoms with E-state index in [1.807, 2.05) is 6.07 Å². The molecule has 0 aromatic heterocycles. The molecule has 3 N–H and O–H groups in total. The lowest BCUT2D eigenvalue weighted by Crippen LogP contribution is -2.49. The highest BCUT2D eigenvalue weighted by molar-refractivity contribution is 5.82. The molecule has 0 bridgehead atoms. The maximum atomic E-state index is 12.1. The SMILES string of the molecule is COCC(N)C(=O)NC1CCCCC1c1ccccc1. The van der Waals surface area contributed by atoms with Crippen LogP contribution in [0, 0.1) is 0 Å². The molecule has 3 unspecified atom stereocenters. The molecule has 1 aliphatic rings. The molecule has 110 valence electrons. The van der Waals surface area contributed by atoms with Crippen LogP contribution in [0.15, 0.2) is 30.3 Å². The summed E-state index contributed by atoms with van der Waals surface area (Å²) < 4.78 is 4.94. The zero-order valence-corrected chi connectivity index (χ0v) is 12.0. The van der Waals surface area contributed by atoms with Crippen molar-refractivity contribution in [3.05, 3.63) is 35.9 Å². The topological polar surface area (TPSA) is 64.3 Å². The summed E-state index contributed by atoms with van der Waals surface area (Å²) in [4.78, 5) is 12.1. The number of nitrogens with two attached hydrogens (primary N) is 1. The Morgan fingerprint density at radius 2 is 2.05 bits per heavy atom. The summed E-state index contributed by atoms with van der Waals surface area (Å²) in [5.41, 5.74) is 7.10. The molecular formula is C16H24N2O2. The molecule has 4 nitrogen and oxygen atoms in total. The van der Waals surface area contributed by atoms with Gasteiger partial charge in [-0.3, -0.25) is 4.79 Å². The molecule has 2 rings (SSSR count). The summed E-state index contributed by atoms with van der Waals surface area (Å²) in [5.74, 6) is 0.281. The number of ether oxygens (including phenoxy) is 1. The van der Waals surface area contributed by atoms with Crippen LogP contribution in [0.5, 0.6) is 0 Å². The predicted octanol–water partition coefficient (Wildman–Crippen LogP) is 1.80. The molecular weight excluding hydrogens is 252 g/mol. The molecule has 1 aromatic rings. The predicted molar refractivity (Wildman–Crippen MR) is 79.4 cm³/mol. The molecule has 1 aromatic carbocycles. The van der Waals surface area contributed by atoms with E-state index in [1.165, 1.54) is 12.0 Å². The molecule has 20 heavy (non-hydrogen) atoms. The Balaban J connectivity index is 2.02. The molecule has 0 spiro atoms. The van der Waals surface area contributed by atoms with E-state index in [1.54, 1.807) is 7.11 Å². The normalized spacial score (nSPS) is 24.1. The van der Waals surface area contributed by atoms with E-state index >= 15 is 0 Å². The minimum Gasteiger partial charge on any atom is -0.383 e. The Hall–Kier alpha value is -1.39. The second-order valence-electron chi connectivity index (χ2n) is 5.48. The zero-order chi connectivity index (χ0) is 14.4. The van der Waals surface area contributed by atoms with Gasteiger partial charge in [0.05, 0.1) is 6.61 Å². The summed E-state index contributed by atoms with van der Waals surface area (Å²) in [5, 5.41) is 3.11. The van der Waals surface area contributed by atoms with Crippen molar-refractivity contribution in [2.45, 2.75) is 43.7 Å². The summed E-state index contributed by atoms with van der Waals surface area (Å²) in [6.07, 6.45) is 4.52. The fourth-order valence-corrected chi connectivity index (χ4v) is 2.95. The first kappa shape index (κ1) is 15.0. The molecule has 1 amide bonds. The van der Waals surface area contributed by atoms with Crippen molar-refractivity contribution in [2.24, 2.45) is 5.73 Å². The Morgan fingerprint density at radius 1 is 1.35 bits per heavy atom. The molecule has 3 atom stereocenters. The van der Waals surface area contributed by atoms with Crippen LogP contribution in [0.2, 0.25) is 0 Å². The van der Waals surface area contributed by atoms with E-state index in [4.69, 9.17) is 10.5 Å². The van der Waals surface area contributed by atoms with Crippen molar-refractivity contribution in [1.29, 1.82) is 0 Å². The highest BCUT2D eigenvalue weighted by atomic mass is 16.5. The van der Waals surface area contributed by atoms with Crippen LogP contribution in [0.1, 0.15) is 37.2 Å². The van der Waals surface area contributed by atoms with Crippen molar-refractivity contribution < 1.29 is 9.53 Å². The minimum atomic E-state index is -0.585. The van der Waals surface area contributed by atoms with Crippen LogP contribution in [-0.2, 0) is 9.53 Å². The number of methoxy groups -OCH3 is 1. The standard InChI is InChI=1S/C16H24N2O2/c1-20-11-14(17)16(19)18-15-10-6-5-9-13(15)12-7-3-2-4-8-12/h2-4,7-8,13-15H,5-6,9-11,17H2,1H3,(H,18,19). The average Bonchev–Trinajstić information content (AvgIpc) is 2.49. The Bertz CT molecular complexity index is 422. The van der Waals surface area contributed by atoms with E-state index in [2.05, 4.69) is 29.6 Å². The van der Waals surface area contributed by atoms with Gasteiger partial charge in [-0.05, 0) is 18.4 Å². The van der Waals surface area contributed by atoms with Gasteiger partial charge in [-0.15, -0.1) is 0 Å². The number of benzene rings is 1. The summed E-state index contributed by atoms with van der Waals surface area (Å²) in [6, 6.07) is 10.0. The first-order chi connectivity index (χ1) is 9.72. The average molecular weight is 276 g/mol. The van der Waals surface area contributed by atoms with Crippen LogP contribution < -0.4 is 11.1 Å². The maximum absolute atomic E-state index is 12.1. The van der Waals surface area contributed by atoms with Crippen molar-refractivity contribution in [2.75, 3.05) is 13.7 Å². The van der Waals surface area contributed by atoms with E-state index in [-0.39, 0.29) is 18.6 Å². The van der Waals surface area contributed by atoms with Gasteiger partial charge in [-0.25, -0.2) is 0 Å². The number of rotatable bonds is 5. The lowest BCUT2D eigenvalue weighted by atomic mass is 9.80. The molecule has 4 heteroatoms. The number of nitrogens with one attached hydrogen (secondary N) is 1. The maximum Gasteiger partial charge on any atom is 0.239 e. The summed E-state index contributed by atoms with van der Waals surface area (Å²) >= 11 is 0. The quantitative estimate of drug-likeness (QED) is 0.862. The zero-order valence-electron chi connectivity index (χ0n) is 12.0. The van der Waals surface area contributed by atoms with Crippen LogP contribution in [0.3, 0.4) is 0 Å². The third-order valence-electron chi connectivity index (χ3n) is 4.00. The smallest absolute Gasteiger partial charge is 0.239 e. The van der Waals surface area contributed by atoms with Gasteiger partial charge >= 0.3 is 0 Å². The van der Waals surface area contributed by atoms with Gasteiger partial charge in [0.2, 0.25) is 5.91 Å². The molecule has 1 fully saturated rings. The Kier molecular flexibility index (Phi) is 5.56. The number of hydrogen-bond donors (Lipinski definition) is 2. The highest BCUT2D eigenvalue weighted by Gasteiger charge is 2.28. The largest absolute Gasteiger partial charge is 0.383 e. The second-order valence-corrected chi connectivity index (χ2v) is 5.48. The highest BCUT2D eigenvalue weighted by Crippen LogP contribution is 2.32. The first-order valence-electron chi connectivity index (χ1n) is 7.32. The van der Waals surface area contributed by atoms with Crippen molar-refractivity contribution in [3.63, 3.8) is 0 Å². The van der Waals surface area contributed by atoms with E-state index < -0.39 is 6.04 Å². The molecule has 1 saturated carbocycles. The fourth-order valence-electron chi connectivity index (χ4n) is 2.95. The van der Waals surface area contributed by atoms with E-state index in [0.29, 0.717) is 5.92 Å². The Morgan fingerprint density at radius 3 is 2.75 bits per heavy atom. The summed E-state index contributed by atoms with van der Waals surface area (Å²) in [7, 11) is 1.56. The first-order valence-corrected chi connectivity index (χ1v) is 7.32. The second kappa shape index (κ2) is 7.41. The molecule has 0 heterocycles. The van der Waals surface area contributed by atoms with Gasteiger partial charge in [-0.2, -0.15) is 0 Å². The number of amides is 1. The molecule has 0 aliphatic heterocycles. The third-order valence-corrected chi connectivity index (χ3v) is 4.00. The minimum absolute atomic E-state index is 0.111. The van der Waals surface area contributed by atoms with Gasteiger partial charge < -0.3 is 15.8 Å². The van der Waals surface area contributed by atoms with E-state index in [9.17, 15) is 4.79 Å². The fraction of sp³-hybridized carbons (Fsp3) is 0.562. The molecule has 0 saturated heterocycles. The van der Waals surface area contributed by atoms with Crippen LogP contribution in [0.4, 0.5) is 0 Å². The van der Waals surface area contributed by atoms with Crippen LogP contribution >= 0.6 is 0 Å². The monoisotopic (exact) mass is 276 g/mol. The van der Waals surface area contributed by atoms with Crippen molar-refractivity contribution >= 4 is 5.91 Å². The van der Waals surface area contributed by atoms with E-state index in [0.717, 1.165) is 19.3 Å².